The topological polar surface area (TPSA) is 38.8 Å². The van der Waals surface area contributed by atoms with E-state index in [0.717, 1.165) is 48.3 Å². The van der Waals surface area contributed by atoms with E-state index >= 15 is 0 Å². The Morgan fingerprint density at radius 3 is 2.49 bits per heavy atom. The van der Waals surface area contributed by atoms with E-state index in [1.165, 1.54) is 16.9 Å². The lowest BCUT2D eigenvalue weighted by molar-refractivity contribution is 0.0801. The number of nitrogens with zero attached hydrogens (tertiary/aromatic N) is 1. The van der Waals surface area contributed by atoms with Gasteiger partial charge in [-0.25, -0.2) is 0 Å². The monoisotopic (exact) mass is 489 g/mol. The predicted molar refractivity (Wildman–Crippen MR) is 139 cm³/mol. The number of methoxy groups -OCH3 is 1. The molecule has 0 spiro atoms. The number of thiophene rings is 1. The summed E-state index contributed by atoms with van der Waals surface area (Å²) < 4.78 is 25.2. The third kappa shape index (κ3) is 5.24. The summed E-state index contributed by atoms with van der Waals surface area (Å²) in [6.07, 6.45) is 2.02. The Morgan fingerprint density at radius 2 is 1.77 bits per heavy atom. The Hall–Kier alpha value is -3.22. The number of benzene rings is 3. The molecular weight excluding hydrogens is 461 g/mol. The van der Waals surface area contributed by atoms with Gasteiger partial charge in [0, 0.05) is 34.7 Å². The fourth-order valence-corrected chi connectivity index (χ4v) is 5.58. The van der Waals surface area contributed by atoms with Crippen LogP contribution >= 0.6 is 11.3 Å². The molecular formula is C29H28FNO3S. The minimum absolute atomic E-state index is 0.0571. The highest BCUT2D eigenvalue weighted by Gasteiger charge is 2.25. The van der Waals surface area contributed by atoms with Crippen LogP contribution in [0.3, 0.4) is 0 Å². The van der Waals surface area contributed by atoms with Crippen molar-refractivity contribution in [2.45, 2.75) is 12.8 Å². The zero-order valence-corrected chi connectivity index (χ0v) is 20.5. The van der Waals surface area contributed by atoms with Crippen molar-refractivity contribution in [1.82, 2.24) is 4.90 Å². The molecule has 3 aromatic carbocycles. The number of hydrogen-bond acceptors (Lipinski definition) is 5. The normalized spacial score (nSPS) is 14.1. The summed E-state index contributed by atoms with van der Waals surface area (Å²) in [6.45, 7) is 2.56. The van der Waals surface area contributed by atoms with Crippen molar-refractivity contribution in [3.05, 3.63) is 88.8 Å². The number of aryl methyl sites for hydroxylation is 1. The zero-order chi connectivity index (χ0) is 24.2. The average Bonchev–Trinajstić information content (AvgIpc) is 3.23. The summed E-state index contributed by atoms with van der Waals surface area (Å²) in [4.78, 5) is 16.2. The van der Waals surface area contributed by atoms with Crippen LogP contribution < -0.4 is 9.47 Å². The number of carbonyl (C=O) groups is 1. The summed E-state index contributed by atoms with van der Waals surface area (Å²) in [5.74, 6) is 2.19. The molecule has 0 radical (unpaired) electrons. The van der Waals surface area contributed by atoms with E-state index in [0.29, 0.717) is 21.9 Å². The largest absolute Gasteiger partial charge is 0.497 e. The van der Waals surface area contributed by atoms with E-state index in [1.54, 1.807) is 7.11 Å². The van der Waals surface area contributed by atoms with E-state index in [2.05, 4.69) is 17.0 Å². The fourth-order valence-electron chi connectivity index (χ4n) is 4.46. The van der Waals surface area contributed by atoms with Gasteiger partial charge in [-0.2, -0.15) is 0 Å². The molecule has 180 valence electrons. The van der Waals surface area contributed by atoms with E-state index in [1.807, 2.05) is 60.7 Å². The number of hydrogen-bond donors (Lipinski definition) is 0. The average molecular weight is 490 g/mol. The first-order valence-corrected chi connectivity index (χ1v) is 12.7. The zero-order valence-electron chi connectivity index (χ0n) is 19.7. The third-order valence-corrected chi connectivity index (χ3v) is 7.56. The summed E-state index contributed by atoms with van der Waals surface area (Å²) in [6, 6.07) is 23.1. The van der Waals surface area contributed by atoms with Crippen LogP contribution in [-0.2, 0) is 6.42 Å². The minimum Gasteiger partial charge on any atom is -0.497 e. The molecule has 0 N–H and O–H groups in total. The standard InChI is InChI=1S/C29H28FNO3S/c1-33-24-13-14-25-26(16-24)35-29(27(32)22-7-3-2-4-8-22)28(25)34-23-11-9-20(10-12-23)6-5-15-31-18-21(17-30)19-31/h2-4,7-14,16,21H,5-6,15,17-19H2,1H3. The van der Waals surface area contributed by atoms with Crippen LogP contribution in [0.15, 0.2) is 72.8 Å². The lowest BCUT2D eigenvalue weighted by atomic mass is 10.0. The highest BCUT2D eigenvalue weighted by Crippen LogP contribution is 2.42. The molecule has 1 aliphatic heterocycles. The van der Waals surface area contributed by atoms with Gasteiger partial charge >= 0.3 is 0 Å². The quantitative estimate of drug-likeness (QED) is 0.231. The first-order valence-electron chi connectivity index (χ1n) is 11.9. The first-order chi connectivity index (χ1) is 17.1. The molecule has 2 heterocycles. The van der Waals surface area contributed by atoms with Crippen molar-refractivity contribution in [2.24, 2.45) is 5.92 Å². The maximum atomic E-state index is 13.4. The molecule has 0 bridgehead atoms. The van der Waals surface area contributed by atoms with Gasteiger partial charge < -0.3 is 14.4 Å². The number of likely N-dealkylation sites (tertiary alicyclic amines) is 1. The molecule has 6 heteroatoms. The second-order valence-corrected chi connectivity index (χ2v) is 10.00. The highest BCUT2D eigenvalue weighted by molar-refractivity contribution is 7.21. The molecule has 4 aromatic rings. The predicted octanol–water partition coefficient (Wildman–Crippen LogP) is 6.77. The van der Waals surface area contributed by atoms with Gasteiger partial charge in [-0.15, -0.1) is 11.3 Å². The minimum atomic E-state index is -0.205. The van der Waals surface area contributed by atoms with Crippen LogP contribution in [0.5, 0.6) is 17.2 Å². The first kappa shape index (κ1) is 23.5. The SMILES string of the molecule is COc1ccc2c(Oc3ccc(CCCN4CC(CF)C4)cc3)c(C(=O)c3ccccc3)sc2c1. The fraction of sp³-hybridized carbons (Fsp3) is 0.276. The smallest absolute Gasteiger partial charge is 0.206 e. The van der Waals surface area contributed by atoms with Crippen LogP contribution in [0.4, 0.5) is 4.39 Å². The van der Waals surface area contributed by atoms with Crippen molar-refractivity contribution < 1.29 is 18.7 Å². The number of ketones is 1. The van der Waals surface area contributed by atoms with Gasteiger partial charge in [0.15, 0.2) is 5.75 Å². The Morgan fingerprint density at radius 1 is 1.03 bits per heavy atom. The molecule has 5 rings (SSSR count). The molecule has 1 aliphatic rings. The summed E-state index contributed by atoms with van der Waals surface area (Å²) in [5, 5.41) is 0.889. The number of carbonyl (C=O) groups excluding carboxylic acids is 1. The molecule has 4 nitrogen and oxygen atoms in total. The number of fused-ring (bicyclic) bond motifs is 1. The third-order valence-electron chi connectivity index (χ3n) is 6.43. The Labute approximate surface area is 208 Å². The second-order valence-electron chi connectivity index (χ2n) is 8.95. The van der Waals surface area contributed by atoms with E-state index < -0.39 is 0 Å². The van der Waals surface area contributed by atoms with Crippen LogP contribution in [0.2, 0.25) is 0 Å². The van der Waals surface area contributed by atoms with Gasteiger partial charge in [0.1, 0.15) is 16.4 Å². The summed E-state index contributed by atoms with van der Waals surface area (Å²) >= 11 is 1.42. The second kappa shape index (κ2) is 10.6. The number of ether oxygens (including phenoxy) is 2. The van der Waals surface area contributed by atoms with Gasteiger partial charge in [-0.05, 0) is 55.3 Å². The highest BCUT2D eigenvalue weighted by atomic mass is 32.1. The van der Waals surface area contributed by atoms with Gasteiger partial charge in [-0.3, -0.25) is 9.18 Å². The van der Waals surface area contributed by atoms with Gasteiger partial charge in [0.25, 0.3) is 0 Å². The van der Waals surface area contributed by atoms with Crippen molar-refractivity contribution in [3.63, 3.8) is 0 Å². The molecule has 0 saturated carbocycles. The van der Waals surface area contributed by atoms with Crippen molar-refractivity contribution in [3.8, 4) is 17.2 Å². The number of rotatable bonds is 10. The van der Waals surface area contributed by atoms with Gasteiger partial charge in [0.05, 0.1) is 13.8 Å². The molecule has 0 atom stereocenters. The van der Waals surface area contributed by atoms with Crippen LogP contribution in [0, 0.1) is 5.92 Å². The Kier molecular flexibility index (Phi) is 7.11. The summed E-state index contributed by atoms with van der Waals surface area (Å²) in [5.41, 5.74) is 1.87. The van der Waals surface area contributed by atoms with Gasteiger partial charge in [0.2, 0.25) is 5.78 Å². The van der Waals surface area contributed by atoms with Crippen LogP contribution in [0.25, 0.3) is 10.1 Å². The number of alkyl halides is 1. The molecule has 1 aromatic heterocycles. The number of halogens is 1. The summed E-state index contributed by atoms with van der Waals surface area (Å²) in [7, 11) is 1.63. The molecule has 1 saturated heterocycles. The Balaban J connectivity index is 1.33. The van der Waals surface area contributed by atoms with Crippen molar-refractivity contribution >= 4 is 27.2 Å². The molecule has 35 heavy (non-hydrogen) atoms. The van der Waals surface area contributed by atoms with E-state index in [4.69, 9.17) is 9.47 Å². The maximum Gasteiger partial charge on any atom is 0.206 e. The van der Waals surface area contributed by atoms with Crippen LogP contribution in [0.1, 0.15) is 27.2 Å². The van der Waals surface area contributed by atoms with Crippen molar-refractivity contribution in [2.75, 3.05) is 33.4 Å². The molecule has 1 fully saturated rings. The lowest BCUT2D eigenvalue weighted by Crippen LogP contribution is -2.47. The van der Waals surface area contributed by atoms with Crippen molar-refractivity contribution in [1.29, 1.82) is 0 Å². The molecule has 0 aliphatic carbocycles. The van der Waals surface area contributed by atoms with Gasteiger partial charge in [-0.1, -0.05) is 42.5 Å². The Bertz CT molecular complexity index is 1300. The maximum absolute atomic E-state index is 13.4. The molecule has 0 unspecified atom stereocenters. The lowest BCUT2D eigenvalue weighted by Gasteiger charge is -2.37. The van der Waals surface area contributed by atoms with E-state index in [-0.39, 0.29) is 18.4 Å². The van der Waals surface area contributed by atoms with Crippen LogP contribution in [-0.4, -0.2) is 44.1 Å². The van der Waals surface area contributed by atoms with E-state index in [9.17, 15) is 9.18 Å². The molecule has 0 amide bonds.